The number of amides is 1. The van der Waals surface area contributed by atoms with Crippen LogP contribution in [-0.2, 0) is 25.4 Å². The maximum atomic E-state index is 13.2. The molecule has 1 fully saturated rings. The van der Waals surface area contributed by atoms with Crippen molar-refractivity contribution in [1.29, 1.82) is 0 Å². The molecule has 1 atom stereocenters. The minimum atomic E-state index is -0.835. The van der Waals surface area contributed by atoms with Crippen molar-refractivity contribution < 1.29 is 32.9 Å². The fraction of sp³-hybridized carbons (Fsp3) is 0.560. The lowest BCUT2D eigenvalue weighted by Gasteiger charge is -2.30. The number of pyridine rings is 2. The maximum Gasteiger partial charge on any atom is 0.232 e. The molecule has 0 saturated heterocycles. The summed E-state index contributed by atoms with van der Waals surface area (Å²) in [4.78, 5) is 22.8. The third-order valence-electron chi connectivity index (χ3n) is 5.77. The van der Waals surface area contributed by atoms with Gasteiger partial charge in [0.2, 0.25) is 11.8 Å². The monoisotopic (exact) mass is 491 g/mol. The number of aromatic nitrogens is 2. The Morgan fingerprint density at radius 1 is 1.14 bits per heavy atom. The predicted molar refractivity (Wildman–Crippen MR) is 125 cm³/mol. The van der Waals surface area contributed by atoms with E-state index < -0.39 is 12.0 Å². The molecule has 10 heteroatoms. The number of methoxy groups -OCH3 is 2. The number of halogens is 1. The smallest absolute Gasteiger partial charge is 0.232 e. The van der Waals surface area contributed by atoms with Gasteiger partial charge < -0.3 is 23.7 Å². The van der Waals surface area contributed by atoms with E-state index in [4.69, 9.17) is 23.7 Å². The standard InChI is InChI=1S/C25H34FN3O6/c1-18-4-7-21(8-5-18)35-22-10-11-27-20(12-22)13-24(30)29(16-31-2)25(34-17-32-3)15-33-23-9-6-19(26)14-28-23/h6,9-12,14,18,21,25H,4-5,7-8,13,15-17H2,1-3H3/t18-,21-,25-/m1/s1. The maximum absolute atomic E-state index is 13.2. The van der Waals surface area contributed by atoms with Gasteiger partial charge in [0.1, 0.15) is 31.7 Å². The molecule has 0 unspecified atom stereocenters. The molecule has 1 aliphatic carbocycles. The van der Waals surface area contributed by atoms with Crippen molar-refractivity contribution in [2.45, 2.75) is 51.4 Å². The molecule has 0 N–H and O–H groups in total. The molecule has 1 saturated carbocycles. The van der Waals surface area contributed by atoms with E-state index in [1.54, 1.807) is 12.3 Å². The van der Waals surface area contributed by atoms with Crippen molar-refractivity contribution in [2.24, 2.45) is 5.92 Å². The number of hydrogen-bond acceptors (Lipinski definition) is 8. The van der Waals surface area contributed by atoms with Crippen molar-refractivity contribution in [1.82, 2.24) is 14.9 Å². The second-order valence-electron chi connectivity index (χ2n) is 8.59. The number of ether oxygens (including phenoxy) is 5. The highest BCUT2D eigenvalue weighted by Crippen LogP contribution is 2.27. The zero-order valence-electron chi connectivity index (χ0n) is 20.5. The van der Waals surface area contributed by atoms with Gasteiger partial charge in [0.15, 0.2) is 6.23 Å². The first kappa shape index (κ1) is 26.8. The molecule has 0 spiro atoms. The van der Waals surface area contributed by atoms with Gasteiger partial charge in [-0.05, 0) is 43.7 Å². The number of carbonyl (C=O) groups excluding carboxylic acids is 1. The molecule has 1 amide bonds. The average molecular weight is 492 g/mol. The van der Waals surface area contributed by atoms with Crippen LogP contribution in [0.5, 0.6) is 11.6 Å². The van der Waals surface area contributed by atoms with Crippen LogP contribution in [0.15, 0.2) is 36.7 Å². The Kier molecular flexibility index (Phi) is 10.6. The van der Waals surface area contributed by atoms with Crippen LogP contribution < -0.4 is 9.47 Å². The number of rotatable bonds is 13. The molecule has 35 heavy (non-hydrogen) atoms. The molecule has 0 aliphatic heterocycles. The predicted octanol–water partition coefficient (Wildman–Crippen LogP) is 3.57. The van der Waals surface area contributed by atoms with Crippen LogP contribution in [0.3, 0.4) is 0 Å². The van der Waals surface area contributed by atoms with E-state index in [0.717, 1.165) is 37.8 Å². The number of hydrogen-bond donors (Lipinski definition) is 0. The number of nitrogens with zero attached hydrogens (tertiary/aromatic N) is 3. The summed E-state index contributed by atoms with van der Waals surface area (Å²) in [6.07, 6.45) is 6.44. The third kappa shape index (κ3) is 8.72. The van der Waals surface area contributed by atoms with Crippen molar-refractivity contribution in [3.05, 3.63) is 48.2 Å². The van der Waals surface area contributed by atoms with Gasteiger partial charge in [0.25, 0.3) is 0 Å². The second-order valence-corrected chi connectivity index (χ2v) is 8.59. The van der Waals surface area contributed by atoms with E-state index in [1.165, 1.54) is 31.3 Å². The Bertz CT molecular complexity index is 908. The summed E-state index contributed by atoms with van der Waals surface area (Å²) < 4.78 is 40.8. The molecule has 192 valence electrons. The number of carbonyl (C=O) groups is 1. The molecule has 0 radical (unpaired) electrons. The molecule has 2 aromatic heterocycles. The molecular weight excluding hydrogens is 457 g/mol. The normalized spacial score (nSPS) is 18.6. The Hall–Kier alpha value is -2.82. The first-order valence-electron chi connectivity index (χ1n) is 11.7. The lowest BCUT2D eigenvalue weighted by atomic mass is 9.89. The van der Waals surface area contributed by atoms with E-state index in [0.29, 0.717) is 11.4 Å². The Labute approximate surface area is 205 Å². The molecule has 0 bridgehead atoms. The Morgan fingerprint density at radius 3 is 2.63 bits per heavy atom. The van der Waals surface area contributed by atoms with Crippen molar-refractivity contribution in [2.75, 3.05) is 34.4 Å². The fourth-order valence-electron chi connectivity index (χ4n) is 3.86. The van der Waals surface area contributed by atoms with Gasteiger partial charge in [-0.15, -0.1) is 0 Å². The Morgan fingerprint density at radius 2 is 1.94 bits per heavy atom. The minimum absolute atomic E-state index is 0.0178. The molecular formula is C25H34FN3O6. The van der Waals surface area contributed by atoms with Gasteiger partial charge in [0, 0.05) is 32.5 Å². The molecule has 0 aromatic carbocycles. The first-order valence-corrected chi connectivity index (χ1v) is 11.7. The van der Waals surface area contributed by atoms with Crippen molar-refractivity contribution in [3.8, 4) is 11.6 Å². The van der Waals surface area contributed by atoms with Crippen LogP contribution in [0.25, 0.3) is 0 Å². The van der Waals surface area contributed by atoms with Crippen molar-refractivity contribution in [3.63, 3.8) is 0 Å². The second kappa shape index (κ2) is 13.9. The highest BCUT2D eigenvalue weighted by molar-refractivity contribution is 5.78. The van der Waals surface area contributed by atoms with Gasteiger partial charge in [0.05, 0.1) is 24.4 Å². The largest absolute Gasteiger partial charge is 0.490 e. The van der Waals surface area contributed by atoms with Crippen LogP contribution in [0.1, 0.15) is 38.3 Å². The van der Waals surface area contributed by atoms with Crippen LogP contribution in [-0.4, -0.2) is 67.5 Å². The lowest BCUT2D eigenvalue weighted by molar-refractivity contribution is -0.178. The van der Waals surface area contributed by atoms with Gasteiger partial charge >= 0.3 is 0 Å². The fourth-order valence-corrected chi connectivity index (χ4v) is 3.86. The highest BCUT2D eigenvalue weighted by Gasteiger charge is 2.26. The summed E-state index contributed by atoms with van der Waals surface area (Å²) in [5, 5.41) is 0. The average Bonchev–Trinajstić information content (AvgIpc) is 2.85. The minimum Gasteiger partial charge on any atom is -0.490 e. The topological polar surface area (TPSA) is 92.2 Å². The van der Waals surface area contributed by atoms with Gasteiger partial charge in [-0.2, -0.15) is 0 Å². The van der Waals surface area contributed by atoms with Gasteiger partial charge in [-0.25, -0.2) is 9.37 Å². The molecule has 3 rings (SSSR count). The first-order chi connectivity index (χ1) is 17.0. The van der Waals surface area contributed by atoms with Crippen LogP contribution in [0, 0.1) is 11.7 Å². The third-order valence-corrected chi connectivity index (χ3v) is 5.77. The van der Waals surface area contributed by atoms with E-state index >= 15 is 0 Å². The summed E-state index contributed by atoms with van der Waals surface area (Å²) in [6, 6.07) is 6.24. The molecule has 2 aromatic rings. The van der Waals surface area contributed by atoms with Crippen LogP contribution in [0.4, 0.5) is 4.39 Å². The van der Waals surface area contributed by atoms with E-state index in [-0.39, 0.29) is 44.4 Å². The van der Waals surface area contributed by atoms with E-state index in [2.05, 4.69) is 16.9 Å². The molecule has 2 heterocycles. The van der Waals surface area contributed by atoms with Gasteiger partial charge in [-0.1, -0.05) is 6.92 Å². The van der Waals surface area contributed by atoms with E-state index in [9.17, 15) is 9.18 Å². The van der Waals surface area contributed by atoms with E-state index in [1.807, 2.05) is 6.07 Å². The lowest BCUT2D eigenvalue weighted by Crippen LogP contribution is -2.47. The summed E-state index contributed by atoms with van der Waals surface area (Å²) in [6.45, 7) is 2.10. The van der Waals surface area contributed by atoms with Gasteiger partial charge in [-0.3, -0.25) is 14.7 Å². The molecule has 1 aliphatic rings. The summed E-state index contributed by atoms with van der Waals surface area (Å²) in [5.74, 6) is 0.893. The van der Waals surface area contributed by atoms with Crippen LogP contribution >= 0.6 is 0 Å². The van der Waals surface area contributed by atoms with Crippen molar-refractivity contribution >= 4 is 5.91 Å². The quantitative estimate of drug-likeness (QED) is 0.393. The SMILES string of the molecule is COCO[C@H](COc1ccc(F)cn1)N(COC)C(=O)Cc1cc(O[C@H]2CC[C@H](C)CC2)ccn1. The zero-order valence-corrected chi connectivity index (χ0v) is 20.5. The summed E-state index contributed by atoms with van der Waals surface area (Å²) in [7, 11) is 2.96. The zero-order chi connectivity index (χ0) is 25.0. The molecule has 9 nitrogen and oxygen atoms in total. The van der Waals surface area contributed by atoms with Crippen LogP contribution in [0.2, 0.25) is 0 Å². The highest BCUT2D eigenvalue weighted by atomic mass is 19.1. The summed E-state index contributed by atoms with van der Waals surface area (Å²) >= 11 is 0. The Balaban J connectivity index is 1.65. The summed E-state index contributed by atoms with van der Waals surface area (Å²) in [5.41, 5.74) is 0.574.